The summed E-state index contributed by atoms with van der Waals surface area (Å²) < 4.78 is 10.7. The fourth-order valence-electron chi connectivity index (χ4n) is 2.16. The molecule has 1 aliphatic rings. The van der Waals surface area contributed by atoms with Gasteiger partial charge in [0.1, 0.15) is 0 Å². The van der Waals surface area contributed by atoms with Crippen LogP contribution in [-0.2, 0) is 0 Å². The number of nitrogens with two attached hydrogens (primary N) is 1. The molecular weight excluding hydrogens is 226 g/mol. The lowest BCUT2D eigenvalue weighted by atomic mass is 9.98. The molecule has 2 aromatic carbocycles. The van der Waals surface area contributed by atoms with Gasteiger partial charge in [0.15, 0.2) is 11.5 Å². The molecule has 0 aliphatic carbocycles. The zero-order chi connectivity index (χ0) is 12.5. The van der Waals surface area contributed by atoms with E-state index >= 15 is 0 Å². The number of benzene rings is 2. The van der Waals surface area contributed by atoms with Crippen LogP contribution in [-0.4, -0.2) is 6.79 Å². The average molecular weight is 241 g/mol. The average Bonchev–Trinajstić information content (AvgIpc) is 2.85. The lowest BCUT2D eigenvalue weighted by Crippen LogP contribution is -2.11. The number of hydrogen-bond acceptors (Lipinski definition) is 3. The van der Waals surface area contributed by atoms with E-state index in [1.165, 1.54) is 5.56 Å². The van der Waals surface area contributed by atoms with Crippen molar-refractivity contribution < 1.29 is 9.47 Å². The Morgan fingerprint density at radius 1 is 1.00 bits per heavy atom. The lowest BCUT2D eigenvalue weighted by Gasteiger charge is -2.13. The Balaban J connectivity index is 1.95. The number of fused-ring (bicyclic) bond motifs is 1. The summed E-state index contributed by atoms with van der Waals surface area (Å²) in [4.78, 5) is 0. The SMILES string of the molecule is Cc1cccc(C(N)c2ccc3c(c2)OCO3)c1. The summed E-state index contributed by atoms with van der Waals surface area (Å²) >= 11 is 0. The van der Waals surface area contributed by atoms with E-state index in [2.05, 4.69) is 19.1 Å². The van der Waals surface area contributed by atoms with E-state index in [9.17, 15) is 0 Å². The Bertz CT molecular complexity index is 580. The first-order chi connectivity index (χ1) is 8.74. The molecule has 2 N–H and O–H groups in total. The molecule has 0 amide bonds. The van der Waals surface area contributed by atoms with Gasteiger partial charge in [0.05, 0.1) is 6.04 Å². The van der Waals surface area contributed by atoms with Crippen LogP contribution < -0.4 is 15.2 Å². The van der Waals surface area contributed by atoms with Crippen molar-refractivity contribution in [3.8, 4) is 11.5 Å². The van der Waals surface area contributed by atoms with Crippen LogP contribution >= 0.6 is 0 Å². The van der Waals surface area contributed by atoms with E-state index in [1.807, 2.05) is 30.3 Å². The van der Waals surface area contributed by atoms with Gasteiger partial charge in [-0.1, -0.05) is 35.9 Å². The number of ether oxygens (including phenoxy) is 2. The minimum Gasteiger partial charge on any atom is -0.454 e. The molecule has 0 saturated carbocycles. The topological polar surface area (TPSA) is 44.5 Å². The van der Waals surface area contributed by atoms with Crippen LogP contribution in [0.4, 0.5) is 0 Å². The molecule has 1 atom stereocenters. The molecule has 2 aromatic rings. The monoisotopic (exact) mass is 241 g/mol. The fourth-order valence-corrected chi connectivity index (χ4v) is 2.16. The molecule has 0 spiro atoms. The van der Waals surface area contributed by atoms with Crippen molar-refractivity contribution in [2.75, 3.05) is 6.79 Å². The molecule has 3 rings (SSSR count). The highest BCUT2D eigenvalue weighted by Crippen LogP contribution is 2.35. The molecule has 3 heteroatoms. The first-order valence-electron chi connectivity index (χ1n) is 5.96. The molecule has 0 radical (unpaired) electrons. The van der Waals surface area contributed by atoms with Crippen LogP contribution in [0.15, 0.2) is 42.5 Å². The van der Waals surface area contributed by atoms with Gasteiger partial charge < -0.3 is 15.2 Å². The first kappa shape index (κ1) is 11.1. The maximum Gasteiger partial charge on any atom is 0.231 e. The van der Waals surface area contributed by atoms with E-state index in [0.29, 0.717) is 6.79 Å². The molecular formula is C15H15NO2. The molecule has 0 saturated heterocycles. The second-order valence-electron chi connectivity index (χ2n) is 4.50. The van der Waals surface area contributed by atoms with E-state index in [4.69, 9.17) is 15.2 Å². The van der Waals surface area contributed by atoms with Crippen molar-refractivity contribution in [3.63, 3.8) is 0 Å². The van der Waals surface area contributed by atoms with Crippen molar-refractivity contribution in [2.45, 2.75) is 13.0 Å². The van der Waals surface area contributed by atoms with Gasteiger partial charge in [0.25, 0.3) is 0 Å². The first-order valence-corrected chi connectivity index (χ1v) is 5.96. The summed E-state index contributed by atoms with van der Waals surface area (Å²) in [6.45, 7) is 2.36. The Labute approximate surface area is 106 Å². The molecule has 1 heterocycles. The van der Waals surface area contributed by atoms with Crippen molar-refractivity contribution >= 4 is 0 Å². The Morgan fingerprint density at radius 2 is 1.78 bits per heavy atom. The number of rotatable bonds is 2. The largest absolute Gasteiger partial charge is 0.454 e. The molecule has 92 valence electrons. The van der Waals surface area contributed by atoms with Gasteiger partial charge in [-0.15, -0.1) is 0 Å². The second-order valence-corrected chi connectivity index (χ2v) is 4.50. The van der Waals surface area contributed by atoms with Gasteiger partial charge in [0.2, 0.25) is 6.79 Å². The zero-order valence-electron chi connectivity index (χ0n) is 10.2. The summed E-state index contributed by atoms with van der Waals surface area (Å²) in [6.07, 6.45) is 0. The van der Waals surface area contributed by atoms with Crippen LogP contribution in [0, 0.1) is 6.92 Å². The number of hydrogen-bond donors (Lipinski definition) is 1. The van der Waals surface area contributed by atoms with Crippen LogP contribution in [0.5, 0.6) is 11.5 Å². The molecule has 0 aromatic heterocycles. The summed E-state index contributed by atoms with van der Waals surface area (Å²) in [5.41, 5.74) is 9.63. The highest BCUT2D eigenvalue weighted by Gasteiger charge is 2.16. The molecule has 0 bridgehead atoms. The quantitative estimate of drug-likeness (QED) is 0.879. The van der Waals surface area contributed by atoms with Gasteiger partial charge >= 0.3 is 0 Å². The van der Waals surface area contributed by atoms with Crippen LogP contribution in [0.25, 0.3) is 0 Å². The zero-order valence-corrected chi connectivity index (χ0v) is 10.2. The van der Waals surface area contributed by atoms with Crippen LogP contribution in [0.3, 0.4) is 0 Å². The van der Waals surface area contributed by atoms with Gasteiger partial charge in [-0.2, -0.15) is 0 Å². The number of aryl methyl sites for hydroxylation is 1. The van der Waals surface area contributed by atoms with Gasteiger partial charge in [-0.05, 0) is 30.2 Å². The maximum atomic E-state index is 6.28. The Morgan fingerprint density at radius 3 is 2.61 bits per heavy atom. The highest BCUT2D eigenvalue weighted by molar-refractivity contribution is 5.47. The summed E-state index contributed by atoms with van der Waals surface area (Å²) in [7, 11) is 0. The second kappa shape index (κ2) is 4.35. The van der Waals surface area contributed by atoms with E-state index < -0.39 is 0 Å². The van der Waals surface area contributed by atoms with E-state index in [-0.39, 0.29) is 6.04 Å². The maximum absolute atomic E-state index is 6.28. The predicted molar refractivity (Wildman–Crippen MR) is 69.8 cm³/mol. The van der Waals surface area contributed by atoms with Crippen molar-refractivity contribution in [1.29, 1.82) is 0 Å². The summed E-state index contributed by atoms with van der Waals surface area (Å²) in [6, 6.07) is 14.0. The minimum absolute atomic E-state index is 0.139. The molecule has 0 fully saturated rings. The van der Waals surface area contributed by atoms with E-state index in [1.54, 1.807) is 0 Å². The smallest absolute Gasteiger partial charge is 0.231 e. The summed E-state index contributed by atoms with van der Waals surface area (Å²) in [5.74, 6) is 1.56. The fraction of sp³-hybridized carbons (Fsp3) is 0.200. The lowest BCUT2D eigenvalue weighted by molar-refractivity contribution is 0.174. The van der Waals surface area contributed by atoms with Crippen LogP contribution in [0.1, 0.15) is 22.7 Å². The Kier molecular flexibility index (Phi) is 2.68. The van der Waals surface area contributed by atoms with Crippen molar-refractivity contribution in [1.82, 2.24) is 0 Å². The van der Waals surface area contributed by atoms with Gasteiger partial charge in [-0.25, -0.2) is 0 Å². The Hall–Kier alpha value is -2.00. The molecule has 1 aliphatic heterocycles. The normalized spacial score (nSPS) is 14.6. The molecule has 1 unspecified atom stereocenters. The van der Waals surface area contributed by atoms with Crippen molar-refractivity contribution in [2.24, 2.45) is 5.73 Å². The highest BCUT2D eigenvalue weighted by atomic mass is 16.7. The van der Waals surface area contributed by atoms with Crippen LogP contribution in [0.2, 0.25) is 0 Å². The standard InChI is InChI=1S/C15H15NO2/c1-10-3-2-4-11(7-10)15(16)12-5-6-13-14(8-12)18-9-17-13/h2-8,15H,9,16H2,1H3. The van der Waals surface area contributed by atoms with Gasteiger partial charge in [0, 0.05) is 0 Å². The van der Waals surface area contributed by atoms with Gasteiger partial charge in [-0.3, -0.25) is 0 Å². The molecule has 18 heavy (non-hydrogen) atoms. The molecule has 3 nitrogen and oxygen atoms in total. The summed E-state index contributed by atoms with van der Waals surface area (Å²) in [5, 5.41) is 0. The predicted octanol–water partition coefficient (Wildman–Crippen LogP) is 2.77. The van der Waals surface area contributed by atoms with Crippen molar-refractivity contribution in [3.05, 3.63) is 59.2 Å². The van der Waals surface area contributed by atoms with E-state index in [0.717, 1.165) is 22.6 Å². The minimum atomic E-state index is -0.139. The third kappa shape index (κ3) is 1.93. The third-order valence-electron chi connectivity index (χ3n) is 3.16. The third-order valence-corrected chi connectivity index (χ3v) is 3.16.